The molecule has 4 nitrogen and oxygen atoms in total. The largest absolute Gasteiger partial charge is 0.346 e. The summed E-state index contributed by atoms with van der Waals surface area (Å²) in [5.41, 5.74) is 1.30. The Balaban J connectivity index is 1.72. The van der Waals surface area contributed by atoms with Gasteiger partial charge in [-0.05, 0) is 42.8 Å². The lowest BCUT2D eigenvalue weighted by Gasteiger charge is -2.14. The number of hydrogen-bond acceptors (Lipinski definition) is 2. The maximum atomic E-state index is 13.7. The van der Waals surface area contributed by atoms with Crippen LogP contribution in [0.25, 0.3) is 0 Å². The molecule has 6 heteroatoms. The van der Waals surface area contributed by atoms with Gasteiger partial charge in [0.25, 0.3) is 11.8 Å². The second kappa shape index (κ2) is 8.43. The van der Waals surface area contributed by atoms with Gasteiger partial charge in [-0.25, -0.2) is 8.78 Å². The number of carbonyl (C=O) groups is 2. The summed E-state index contributed by atoms with van der Waals surface area (Å²) in [6.45, 7) is 1.86. The molecule has 0 bridgehead atoms. The van der Waals surface area contributed by atoms with Crippen molar-refractivity contribution in [2.45, 2.75) is 13.0 Å². The van der Waals surface area contributed by atoms with Crippen LogP contribution in [0.2, 0.25) is 0 Å². The van der Waals surface area contributed by atoms with Gasteiger partial charge in [-0.15, -0.1) is 0 Å². The van der Waals surface area contributed by atoms with Crippen molar-refractivity contribution in [2.24, 2.45) is 0 Å². The minimum Gasteiger partial charge on any atom is -0.346 e. The van der Waals surface area contributed by atoms with E-state index in [-0.39, 0.29) is 23.2 Å². The van der Waals surface area contributed by atoms with Crippen LogP contribution in [0.4, 0.5) is 14.5 Å². The van der Waals surface area contributed by atoms with Crippen molar-refractivity contribution in [3.05, 3.63) is 101 Å². The number of amides is 2. The summed E-state index contributed by atoms with van der Waals surface area (Å²) >= 11 is 0. The van der Waals surface area contributed by atoms with E-state index >= 15 is 0 Å². The third kappa shape index (κ3) is 4.59. The number of benzene rings is 3. The highest BCUT2D eigenvalue weighted by molar-refractivity contribution is 6.06. The van der Waals surface area contributed by atoms with Crippen molar-refractivity contribution in [1.82, 2.24) is 5.32 Å². The number of nitrogens with one attached hydrogen (secondary N) is 2. The molecular weight excluding hydrogens is 362 g/mol. The standard InChI is InChI=1S/C22H18F2N2O2/c1-14(15-6-3-2-4-7-15)25-21(27)16-8-5-9-17(12-16)22(28)26-20-11-10-18(23)13-19(20)24/h2-14H,1H3,(H,25,27)(H,26,28). The predicted molar refractivity (Wildman–Crippen MR) is 103 cm³/mol. The fraction of sp³-hybridized carbons (Fsp3) is 0.0909. The summed E-state index contributed by atoms with van der Waals surface area (Å²) in [4.78, 5) is 24.9. The Labute approximate surface area is 161 Å². The van der Waals surface area contributed by atoms with Crippen molar-refractivity contribution in [3.63, 3.8) is 0 Å². The summed E-state index contributed by atoms with van der Waals surface area (Å²) in [6, 6.07) is 18.2. The molecule has 2 amide bonds. The van der Waals surface area contributed by atoms with Crippen LogP contribution in [0.15, 0.2) is 72.8 Å². The Bertz CT molecular complexity index is 1010. The number of rotatable bonds is 5. The van der Waals surface area contributed by atoms with Crippen molar-refractivity contribution >= 4 is 17.5 Å². The quantitative estimate of drug-likeness (QED) is 0.674. The molecule has 0 aromatic heterocycles. The van der Waals surface area contributed by atoms with E-state index in [9.17, 15) is 18.4 Å². The Kier molecular flexibility index (Phi) is 5.79. The Morgan fingerprint density at radius 2 is 1.50 bits per heavy atom. The first-order valence-electron chi connectivity index (χ1n) is 8.66. The van der Waals surface area contributed by atoms with Crippen molar-refractivity contribution < 1.29 is 18.4 Å². The second-order valence-electron chi connectivity index (χ2n) is 6.26. The van der Waals surface area contributed by atoms with Crippen LogP contribution in [-0.4, -0.2) is 11.8 Å². The highest BCUT2D eigenvalue weighted by Gasteiger charge is 2.15. The molecule has 3 rings (SSSR count). The minimum absolute atomic E-state index is 0.140. The molecule has 3 aromatic carbocycles. The van der Waals surface area contributed by atoms with E-state index in [0.717, 1.165) is 17.7 Å². The SMILES string of the molecule is CC(NC(=O)c1cccc(C(=O)Nc2ccc(F)cc2F)c1)c1ccccc1. The molecule has 3 aromatic rings. The minimum atomic E-state index is -0.876. The Morgan fingerprint density at radius 3 is 2.18 bits per heavy atom. The number of hydrogen-bond donors (Lipinski definition) is 2. The van der Waals surface area contributed by atoms with E-state index < -0.39 is 17.5 Å². The molecule has 0 aliphatic heterocycles. The van der Waals surface area contributed by atoms with Crippen molar-refractivity contribution in [1.29, 1.82) is 0 Å². The number of halogens is 2. The summed E-state index contributed by atoms with van der Waals surface area (Å²) < 4.78 is 26.7. The molecule has 1 unspecified atom stereocenters. The van der Waals surface area contributed by atoms with E-state index in [2.05, 4.69) is 10.6 Å². The van der Waals surface area contributed by atoms with Gasteiger partial charge in [0.2, 0.25) is 0 Å². The van der Waals surface area contributed by atoms with Gasteiger partial charge in [0.15, 0.2) is 0 Å². The van der Waals surface area contributed by atoms with E-state index in [1.165, 1.54) is 12.1 Å². The summed E-state index contributed by atoms with van der Waals surface area (Å²) in [5.74, 6) is -2.55. The lowest BCUT2D eigenvalue weighted by Crippen LogP contribution is -2.27. The molecule has 0 fully saturated rings. The van der Waals surface area contributed by atoms with Crippen LogP contribution in [0.5, 0.6) is 0 Å². The van der Waals surface area contributed by atoms with Crippen molar-refractivity contribution in [3.8, 4) is 0 Å². The first kappa shape index (κ1) is 19.2. The second-order valence-corrected chi connectivity index (χ2v) is 6.26. The van der Waals surface area contributed by atoms with E-state index in [4.69, 9.17) is 0 Å². The van der Waals surface area contributed by atoms with Gasteiger partial charge >= 0.3 is 0 Å². The molecule has 0 radical (unpaired) electrons. The molecule has 0 spiro atoms. The van der Waals surface area contributed by atoms with E-state index in [0.29, 0.717) is 11.6 Å². The van der Waals surface area contributed by atoms with Gasteiger partial charge in [0.05, 0.1) is 11.7 Å². The first-order valence-corrected chi connectivity index (χ1v) is 8.66. The number of carbonyl (C=O) groups excluding carboxylic acids is 2. The van der Waals surface area contributed by atoms with Crippen molar-refractivity contribution in [2.75, 3.05) is 5.32 Å². The van der Waals surface area contributed by atoms with Gasteiger partial charge in [0, 0.05) is 17.2 Å². The third-order valence-electron chi connectivity index (χ3n) is 4.21. The van der Waals surface area contributed by atoms with Gasteiger partial charge in [-0.1, -0.05) is 36.4 Å². The lowest BCUT2D eigenvalue weighted by molar-refractivity contribution is 0.0940. The molecule has 0 aliphatic rings. The fourth-order valence-corrected chi connectivity index (χ4v) is 2.69. The first-order chi connectivity index (χ1) is 13.4. The van der Waals surface area contributed by atoms with Crippen LogP contribution in [-0.2, 0) is 0 Å². The number of anilines is 1. The lowest BCUT2D eigenvalue weighted by atomic mass is 10.1. The average Bonchev–Trinajstić information content (AvgIpc) is 2.70. The molecule has 0 saturated carbocycles. The maximum Gasteiger partial charge on any atom is 0.255 e. The van der Waals surface area contributed by atoms with Gasteiger partial charge in [-0.3, -0.25) is 9.59 Å². The van der Waals surface area contributed by atoms with Gasteiger partial charge in [-0.2, -0.15) is 0 Å². The fourth-order valence-electron chi connectivity index (χ4n) is 2.69. The molecule has 0 saturated heterocycles. The summed E-state index contributed by atoms with van der Waals surface area (Å²) in [6.07, 6.45) is 0. The molecule has 28 heavy (non-hydrogen) atoms. The molecule has 0 aliphatic carbocycles. The zero-order chi connectivity index (χ0) is 20.1. The normalized spacial score (nSPS) is 11.5. The molecule has 0 heterocycles. The Morgan fingerprint density at radius 1 is 0.821 bits per heavy atom. The predicted octanol–water partition coefficient (Wildman–Crippen LogP) is 4.71. The average molecular weight is 380 g/mol. The van der Waals surface area contributed by atoms with E-state index in [1.54, 1.807) is 12.1 Å². The van der Waals surface area contributed by atoms with Crippen LogP contribution in [0.3, 0.4) is 0 Å². The van der Waals surface area contributed by atoms with Gasteiger partial charge in [0.1, 0.15) is 11.6 Å². The Hall–Kier alpha value is -3.54. The smallest absolute Gasteiger partial charge is 0.255 e. The van der Waals surface area contributed by atoms with Crippen LogP contribution in [0, 0.1) is 11.6 Å². The highest BCUT2D eigenvalue weighted by atomic mass is 19.1. The summed E-state index contributed by atoms with van der Waals surface area (Å²) in [7, 11) is 0. The maximum absolute atomic E-state index is 13.7. The molecule has 2 N–H and O–H groups in total. The highest BCUT2D eigenvalue weighted by Crippen LogP contribution is 2.17. The third-order valence-corrected chi connectivity index (χ3v) is 4.21. The van der Waals surface area contributed by atoms with E-state index in [1.807, 2.05) is 37.3 Å². The zero-order valence-corrected chi connectivity index (χ0v) is 15.1. The molecule has 1 atom stereocenters. The zero-order valence-electron chi connectivity index (χ0n) is 15.1. The van der Waals surface area contributed by atoms with Gasteiger partial charge < -0.3 is 10.6 Å². The molecular formula is C22H18F2N2O2. The summed E-state index contributed by atoms with van der Waals surface area (Å²) in [5, 5.41) is 5.25. The van der Waals surface area contributed by atoms with Crippen LogP contribution < -0.4 is 10.6 Å². The van der Waals surface area contributed by atoms with Crippen LogP contribution >= 0.6 is 0 Å². The van der Waals surface area contributed by atoms with Crippen LogP contribution in [0.1, 0.15) is 39.2 Å². The molecule has 142 valence electrons. The topological polar surface area (TPSA) is 58.2 Å². The monoisotopic (exact) mass is 380 g/mol.